The lowest BCUT2D eigenvalue weighted by Crippen LogP contribution is -2.38. The van der Waals surface area contributed by atoms with Crippen molar-refractivity contribution in [3.05, 3.63) is 5.82 Å². The van der Waals surface area contributed by atoms with E-state index in [4.69, 9.17) is 0 Å². The van der Waals surface area contributed by atoms with Crippen molar-refractivity contribution in [2.24, 2.45) is 0 Å². The van der Waals surface area contributed by atoms with Gasteiger partial charge in [-0.3, -0.25) is 0 Å². The standard InChI is InChI=1S/C16H28N6O2S/c1-12(2)14-17-15(20(3)4)19-16(18-14)21-10-7-13(11-21)25(23,24)22-8-5-6-9-22/h12-13H,5-11H2,1-4H3. The summed E-state index contributed by atoms with van der Waals surface area (Å²) in [5, 5.41) is -0.368. The number of sulfonamides is 1. The zero-order valence-electron chi connectivity index (χ0n) is 15.5. The minimum absolute atomic E-state index is 0.187. The van der Waals surface area contributed by atoms with Crippen molar-refractivity contribution in [1.29, 1.82) is 0 Å². The smallest absolute Gasteiger partial charge is 0.230 e. The van der Waals surface area contributed by atoms with E-state index in [2.05, 4.69) is 15.0 Å². The number of rotatable bonds is 5. The second kappa shape index (κ2) is 7.03. The maximum Gasteiger partial charge on any atom is 0.230 e. The summed E-state index contributed by atoms with van der Waals surface area (Å²) in [5.41, 5.74) is 0. The van der Waals surface area contributed by atoms with Crippen molar-refractivity contribution in [2.45, 2.75) is 44.3 Å². The van der Waals surface area contributed by atoms with Crippen LogP contribution in [-0.4, -0.2) is 73.2 Å². The molecule has 0 aromatic carbocycles. The van der Waals surface area contributed by atoms with E-state index in [1.165, 1.54) is 0 Å². The molecule has 3 heterocycles. The molecule has 25 heavy (non-hydrogen) atoms. The van der Waals surface area contributed by atoms with Crippen molar-refractivity contribution in [1.82, 2.24) is 19.3 Å². The summed E-state index contributed by atoms with van der Waals surface area (Å²) in [7, 11) is 0.571. The first kappa shape index (κ1) is 18.3. The SMILES string of the molecule is CC(C)c1nc(N(C)C)nc(N2CCC(S(=O)(=O)N3CCCC3)C2)n1. The fourth-order valence-corrected chi connectivity index (χ4v) is 5.24. The summed E-state index contributed by atoms with van der Waals surface area (Å²) < 4.78 is 27.3. The Morgan fingerprint density at radius 2 is 1.76 bits per heavy atom. The Labute approximate surface area is 150 Å². The Morgan fingerprint density at radius 3 is 2.36 bits per heavy atom. The molecule has 0 radical (unpaired) electrons. The number of anilines is 2. The summed E-state index contributed by atoms with van der Waals surface area (Å²) >= 11 is 0. The third-order valence-corrected chi connectivity index (χ3v) is 7.13. The molecule has 3 rings (SSSR count). The summed E-state index contributed by atoms with van der Waals surface area (Å²) in [6, 6.07) is 0. The Bertz CT molecular complexity index is 689. The molecule has 0 aliphatic carbocycles. The normalized spacial score (nSPS) is 22.1. The molecule has 9 heteroatoms. The molecule has 2 aliphatic heterocycles. The topological polar surface area (TPSA) is 82.5 Å². The molecule has 2 aliphatic rings. The van der Waals surface area contributed by atoms with Crippen LogP contribution in [0.25, 0.3) is 0 Å². The average Bonchev–Trinajstić information content (AvgIpc) is 3.26. The first-order chi connectivity index (χ1) is 11.8. The average molecular weight is 369 g/mol. The van der Waals surface area contributed by atoms with Crippen LogP contribution in [0.5, 0.6) is 0 Å². The van der Waals surface area contributed by atoms with Gasteiger partial charge >= 0.3 is 0 Å². The predicted octanol–water partition coefficient (Wildman–Crippen LogP) is 1.07. The molecule has 1 unspecified atom stereocenters. The summed E-state index contributed by atoms with van der Waals surface area (Å²) in [6.07, 6.45) is 2.55. The van der Waals surface area contributed by atoms with Gasteiger partial charge < -0.3 is 9.80 Å². The molecule has 0 bridgehead atoms. The number of nitrogens with zero attached hydrogens (tertiary/aromatic N) is 6. The Balaban J connectivity index is 1.82. The van der Waals surface area contributed by atoms with Crippen LogP contribution in [0.3, 0.4) is 0 Å². The third-order valence-electron chi connectivity index (χ3n) is 4.82. The van der Waals surface area contributed by atoms with E-state index in [0.29, 0.717) is 44.5 Å². The molecule has 0 spiro atoms. The highest BCUT2D eigenvalue weighted by Crippen LogP contribution is 2.27. The second-order valence-corrected chi connectivity index (χ2v) is 9.56. The Morgan fingerprint density at radius 1 is 1.08 bits per heavy atom. The second-order valence-electron chi connectivity index (χ2n) is 7.35. The van der Waals surface area contributed by atoms with Crippen LogP contribution in [0.1, 0.15) is 44.9 Å². The highest BCUT2D eigenvalue weighted by molar-refractivity contribution is 7.89. The van der Waals surface area contributed by atoms with Crippen LogP contribution < -0.4 is 9.80 Å². The minimum Gasteiger partial charge on any atom is -0.347 e. The van der Waals surface area contributed by atoms with Gasteiger partial charge in [-0.2, -0.15) is 15.0 Å². The van der Waals surface area contributed by atoms with Gasteiger partial charge in [-0.1, -0.05) is 13.8 Å². The quantitative estimate of drug-likeness (QED) is 0.768. The maximum atomic E-state index is 12.8. The molecule has 2 saturated heterocycles. The van der Waals surface area contributed by atoms with Crippen LogP contribution in [0.4, 0.5) is 11.9 Å². The van der Waals surface area contributed by atoms with Gasteiger partial charge in [0.15, 0.2) is 0 Å². The molecule has 0 amide bonds. The monoisotopic (exact) mass is 368 g/mol. The lowest BCUT2D eigenvalue weighted by atomic mass is 10.2. The predicted molar refractivity (Wildman–Crippen MR) is 98.6 cm³/mol. The lowest BCUT2D eigenvalue weighted by molar-refractivity contribution is 0.467. The molecule has 0 saturated carbocycles. The first-order valence-electron chi connectivity index (χ1n) is 8.96. The van der Waals surface area contributed by atoms with Crippen LogP contribution in [0, 0.1) is 0 Å². The number of aromatic nitrogens is 3. The van der Waals surface area contributed by atoms with Gasteiger partial charge in [0.2, 0.25) is 21.9 Å². The van der Waals surface area contributed by atoms with Crippen LogP contribution in [-0.2, 0) is 10.0 Å². The van der Waals surface area contributed by atoms with E-state index in [1.807, 2.05) is 37.7 Å². The van der Waals surface area contributed by atoms with E-state index in [1.54, 1.807) is 4.31 Å². The van der Waals surface area contributed by atoms with Crippen molar-refractivity contribution >= 4 is 21.9 Å². The van der Waals surface area contributed by atoms with Crippen LogP contribution in [0.15, 0.2) is 0 Å². The first-order valence-corrected chi connectivity index (χ1v) is 10.5. The van der Waals surface area contributed by atoms with Gasteiger partial charge in [0, 0.05) is 46.2 Å². The molecule has 1 aromatic rings. The largest absolute Gasteiger partial charge is 0.347 e. The highest BCUT2D eigenvalue weighted by Gasteiger charge is 2.39. The fourth-order valence-electron chi connectivity index (χ4n) is 3.28. The fraction of sp³-hybridized carbons (Fsp3) is 0.812. The van der Waals surface area contributed by atoms with Gasteiger partial charge in [0.1, 0.15) is 5.82 Å². The van der Waals surface area contributed by atoms with Crippen LogP contribution >= 0.6 is 0 Å². The molecule has 0 N–H and O–H groups in total. The van der Waals surface area contributed by atoms with Gasteiger partial charge in [-0.05, 0) is 19.3 Å². The van der Waals surface area contributed by atoms with E-state index in [0.717, 1.165) is 18.7 Å². The highest BCUT2D eigenvalue weighted by atomic mass is 32.2. The Kier molecular flexibility index (Phi) is 5.15. The van der Waals surface area contributed by atoms with Crippen molar-refractivity contribution in [2.75, 3.05) is 50.1 Å². The summed E-state index contributed by atoms with van der Waals surface area (Å²) in [5.74, 6) is 2.12. The molecular weight excluding hydrogens is 340 g/mol. The van der Waals surface area contributed by atoms with E-state index < -0.39 is 10.0 Å². The van der Waals surface area contributed by atoms with Gasteiger partial charge in [0.05, 0.1) is 5.25 Å². The van der Waals surface area contributed by atoms with Crippen molar-refractivity contribution in [3.63, 3.8) is 0 Å². The van der Waals surface area contributed by atoms with Crippen molar-refractivity contribution in [3.8, 4) is 0 Å². The van der Waals surface area contributed by atoms with Gasteiger partial charge in [-0.25, -0.2) is 12.7 Å². The van der Waals surface area contributed by atoms with Gasteiger partial charge in [-0.15, -0.1) is 0 Å². The molecule has 140 valence electrons. The van der Waals surface area contributed by atoms with E-state index in [9.17, 15) is 8.42 Å². The minimum atomic E-state index is -3.22. The summed E-state index contributed by atoms with van der Waals surface area (Å²) in [4.78, 5) is 17.4. The van der Waals surface area contributed by atoms with E-state index >= 15 is 0 Å². The zero-order valence-corrected chi connectivity index (χ0v) is 16.3. The van der Waals surface area contributed by atoms with E-state index in [-0.39, 0.29) is 11.2 Å². The molecule has 8 nitrogen and oxygen atoms in total. The van der Waals surface area contributed by atoms with Crippen LogP contribution in [0.2, 0.25) is 0 Å². The molecule has 2 fully saturated rings. The zero-order chi connectivity index (χ0) is 18.2. The number of hydrogen-bond acceptors (Lipinski definition) is 7. The summed E-state index contributed by atoms with van der Waals surface area (Å²) in [6.45, 7) is 6.52. The number of hydrogen-bond donors (Lipinski definition) is 0. The molecule has 1 atom stereocenters. The van der Waals surface area contributed by atoms with Crippen molar-refractivity contribution < 1.29 is 8.42 Å². The third kappa shape index (κ3) is 3.72. The molecule has 1 aromatic heterocycles. The lowest BCUT2D eigenvalue weighted by Gasteiger charge is -2.22. The molecular formula is C16H28N6O2S. The van der Waals surface area contributed by atoms with Gasteiger partial charge in [0.25, 0.3) is 0 Å². The Hall–Kier alpha value is -1.48. The maximum absolute atomic E-state index is 12.8.